The normalized spacial score (nSPS) is 11.6. The van der Waals surface area contributed by atoms with Crippen molar-refractivity contribution in [2.75, 3.05) is 0 Å². The molecular formula is C16H12N2. The molecule has 0 saturated heterocycles. The molecule has 0 fully saturated rings. The molecule has 2 aromatic carbocycles. The van der Waals surface area contributed by atoms with Gasteiger partial charge in [0.1, 0.15) is 5.65 Å². The molecule has 4 aromatic rings. The van der Waals surface area contributed by atoms with E-state index in [0.29, 0.717) is 0 Å². The fourth-order valence-electron chi connectivity index (χ4n) is 2.76. The Morgan fingerprint density at radius 2 is 1.61 bits per heavy atom. The number of hydrogen-bond donors (Lipinski definition) is 0. The summed E-state index contributed by atoms with van der Waals surface area (Å²) in [5.41, 5.74) is 2.28. The molecule has 0 bridgehead atoms. The monoisotopic (exact) mass is 232 g/mol. The van der Waals surface area contributed by atoms with Crippen molar-refractivity contribution >= 4 is 32.7 Å². The lowest BCUT2D eigenvalue weighted by Gasteiger charge is -2.00. The summed E-state index contributed by atoms with van der Waals surface area (Å²) in [4.78, 5) is 4.61. The van der Waals surface area contributed by atoms with Crippen LogP contribution in [0.2, 0.25) is 0 Å². The highest BCUT2D eigenvalue weighted by atomic mass is 15.0. The number of benzene rings is 2. The largest absolute Gasteiger partial charge is 0.328 e. The van der Waals surface area contributed by atoms with E-state index in [0.717, 1.165) is 5.65 Å². The summed E-state index contributed by atoms with van der Waals surface area (Å²) < 4.78 is 2.16. The highest BCUT2D eigenvalue weighted by Gasteiger charge is 2.11. The average Bonchev–Trinajstić information content (AvgIpc) is 2.73. The second-order valence-corrected chi connectivity index (χ2v) is 4.62. The topological polar surface area (TPSA) is 17.8 Å². The third kappa shape index (κ3) is 1.10. The molecule has 2 heterocycles. The van der Waals surface area contributed by atoms with Gasteiger partial charge in [0.25, 0.3) is 0 Å². The van der Waals surface area contributed by atoms with Crippen LogP contribution in [0.25, 0.3) is 32.7 Å². The van der Waals surface area contributed by atoms with Gasteiger partial charge < -0.3 is 4.57 Å². The minimum absolute atomic E-state index is 1.05. The Balaban J connectivity index is 2.41. The minimum Gasteiger partial charge on any atom is -0.328 e. The number of nitrogens with zero attached hydrogens (tertiary/aromatic N) is 2. The van der Waals surface area contributed by atoms with E-state index < -0.39 is 0 Å². The molecule has 0 radical (unpaired) electrons. The highest BCUT2D eigenvalue weighted by Crippen LogP contribution is 2.32. The van der Waals surface area contributed by atoms with Gasteiger partial charge >= 0.3 is 0 Å². The number of rotatable bonds is 0. The molecule has 0 amide bonds. The predicted octanol–water partition coefficient (Wildman–Crippen LogP) is 3.88. The SMILES string of the molecule is Cn1c2ccccc2c2c3ccccc3cnc21. The van der Waals surface area contributed by atoms with Crippen molar-refractivity contribution in [1.29, 1.82) is 0 Å². The average molecular weight is 232 g/mol. The summed E-state index contributed by atoms with van der Waals surface area (Å²) in [6.07, 6.45) is 1.95. The van der Waals surface area contributed by atoms with Crippen LogP contribution in [0.5, 0.6) is 0 Å². The first-order valence-electron chi connectivity index (χ1n) is 6.07. The Morgan fingerprint density at radius 3 is 2.50 bits per heavy atom. The zero-order valence-electron chi connectivity index (χ0n) is 10.1. The third-order valence-electron chi connectivity index (χ3n) is 3.63. The molecule has 0 aliphatic carbocycles. The first kappa shape index (κ1) is 9.66. The van der Waals surface area contributed by atoms with E-state index in [-0.39, 0.29) is 0 Å². The van der Waals surface area contributed by atoms with Crippen LogP contribution in [-0.4, -0.2) is 9.55 Å². The summed E-state index contributed by atoms with van der Waals surface area (Å²) in [6.45, 7) is 0. The molecule has 2 heteroatoms. The Bertz CT molecular complexity index is 887. The van der Waals surface area contributed by atoms with Crippen LogP contribution < -0.4 is 0 Å². The van der Waals surface area contributed by atoms with Gasteiger partial charge in [0.2, 0.25) is 0 Å². The molecule has 0 saturated carbocycles. The van der Waals surface area contributed by atoms with E-state index in [1.807, 2.05) is 6.20 Å². The molecule has 0 unspecified atom stereocenters. The Labute approximate surface area is 104 Å². The predicted molar refractivity (Wildman–Crippen MR) is 75.7 cm³/mol. The summed E-state index contributed by atoms with van der Waals surface area (Å²) in [5, 5.41) is 5.01. The van der Waals surface area contributed by atoms with Crippen molar-refractivity contribution in [3.63, 3.8) is 0 Å². The number of pyridine rings is 1. The number of aromatic nitrogens is 2. The maximum Gasteiger partial charge on any atom is 0.141 e. The maximum absolute atomic E-state index is 4.61. The second-order valence-electron chi connectivity index (χ2n) is 4.62. The van der Waals surface area contributed by atoms with E-state index >= 15 is 0 Å². The van der Waals surface area contributed by atoms with E-state index in [1.54, 1.807) is 0 Å². The van der Waals surface area contributed by atoms with Crippen molar-refractivity contribution in [2.45, 2.75) is 0 Å². The van der Waals surface area contributed by atoms with Gasteiger partial charge in [-0.2, -0.15) is 0 Å². The van der Waals surface area contributed by atoms with Gasteiger partial charge in [-0.1, -0.05) is 42.5 Å². The first-order chi connectivity index (χ1) is 8.86. The minimum atomic E-state index is 1.05. The van der Waals surface area contributed by atoms with Gasteiger partial charge in [-0.05, 0) is 11.5 Å². The molecule has 18 heavy (non-hydrogen) atoms. The standard InChI is InChI=1S/C16H12N2/c1-18-14-9-5-4-8-13(14)15-12-7-3-2-6-11(12)10-17-16(15)18/h2-10H,1H3. The summed E-state index contributed by atoms with van der Waals surface area (Å²) >= 11 is 0. The number of aryl methyl sites for hydroxylation is 1. The lowest BCUT2D eigenvalue weighted by atomic mass is 10.1. The van der Waals surface area contributed by atoms with Crippen molar-refractivity contribution in [3.8, 4) is 0 Å². The fourth-order valence-corrected chi connectivity index (χ4v) is 2.76. The van der Waals surface area contributed by atoms with E-state index in [1.165, 1.54) is 27.1 Å². The van der Waals surface area contributed by atoms with Gasteiger partial charge in [0.15, 0.2) is 0 Å². The van der Waals surface area contributed by atoms with Crippen molar-refractivity contribution < 1.29 is 0 Å². The fraction of sp³-hybridized carbons (Fsp3) is 0.0625. The Morgan fingerprint density at radius 1 is 0.889 bits per heavy atom. The van der Waals surface area contributed by atoms with Gasteiger partial charge in [0, 0.05) is 29.4 Å². The smallest absolute Gasteiger partial charge is 0.141 e. The lowest BCUT2D eigenvalue weighted by Crippen LogP contribution is -1.89. The Hall–Kier alpha value is -2.35. The molecule has 2 nitrogen and oxygen atoms in total. The zero-order valence-corrected chi connectivity index (χ0v) is 10.1. The zero-order chi connectivity index (χ0) is 12.1. The van der Waals surface area contributed by atoms with Crippen LogP contribution in [0.3, 0.4) is 0 Å². The number of fused-ring (bicyclic) bond motifs is 5. The van der Waals surface area contributed by atoms with Crippen LogP contribution >= 0.6 is 0 Å². The van der Waals surface area contributed by atoms with Crippen molar-refractivity contribution in [1.82, 2.24) is 9.55 Å². The second kappa shape index (κ2) is 3.33. The summed E-state index contributed by atoms with van der Waals surface area (Å²) in [6, 6.07) is 16.9. The molecule has 86 valence electrons. The molecule has 0 N–H and O–H groups in total. The lowest BCUT2D eigenvalue weighted by molar-refractivity contribution is 0.991. The van der Waals surface area contributed by atoms with Crippen LogP contribution in [0.1, 0.15) is 0 Å². The van der Waals surface area contributed by atoms with Gasteiger partial charge in [-0.15, -0.1) is 0 Å². The molecule has 2 aromatic heterocycles. The quantitative estimate of drug-likeness (QED) is 0.450. The summed E-state index contributed by atoms with van der Waals surface area (Å²) in [7, 11) is 2.08. The molecule has 0 aliphatic rings. The van der Waals surface area contributed by atoms with Crippen molar-refractivity contribution in [3.05, 3.63) is 54.7 Å². The molecule has 0 spiro atoms. The van der Waals surface area contributed by atoms with Gasteiger partial charge in [-0.3, -0.25) is 0 Å². The van der Waals surface area contributed by atoms with Crippen LogP contribution in [0.4, 0.5) is 0 Å². The van der Waals surface area contributed by atoms with Crippen LogP contribution in [0.15, 0.2) is 54.7 Å². The summed E-state index contributed by atoms with van der Waals surface area (Å²) in [5.74, 6) is 0. The molecule has 0 atom stereocenters. The molecular weight excluding hydrogens is 220 g/mol. The van der Waals surface area contributed by atoms with E-state index in [9.17, 15) is 0 Å². The maximum atomic E-state index is 4.61. The van der Waals surface area contributed by atoms with E-state index in [4.69, 9.17) is 0 Å². The Kier molecular flexibility index (Phi) is 1.78. The number of para-hydroxylation sites is 1. The van der Waals surface area contributed by atoms with Crippen LogP contribution in [0, 0.1) is 0 Å². The third-order valence-corrected chi connectivity index (χ3v) is 3.63. The van der Waals surface area contributed by atoms with Crippen molar-refractivity contribution in [2.24, 2.45) is 7.05 Å². The highest BCUT2D eigenvalue weighted by molar-refractivity contribution is 6.19. The first-order valence-corrected chi connectivity index (χ1v) is 6.07. The molecule has 4 rings (SSSR count). The van der Waals surface area contributed by atoms with E-state index in [2.05, 4.69) is 65.1 Å². The molecule has 0 aliphatic heterocycles. The van der Waals surface area contributed by atoms with Crippen LogP contribution in [-0.2, 0) is 7.05 Å². The van der Waals surface area contributed by atoms with Gasteiger partial charge in [-0.25, -0.2) is 4.98 Å². The number of hydrogen-bond acceptors (Lipinski definition) is 1. The van der Waals surface area contributed by atoms with Gasteiger partial charge in [0.05, 0.1) is 5.52 Å².